The Labute approximate surface area is 185 Å². The van der Waals surface area contributed by atoms with Gasteiger partial charge in [-0.2, -0.15) is 13.2 Å². The predicted octanol–water partition coefficient (Wildman–Crippen LogP) is 4.26. The topological polar surface area (TPSA) is 78.5 Å². The van der Waals surface area contributed by atoms with E-state index < -0.39 is 27.7 Å². The molecule has 1 aliphatic rings. The van der Waals surface area contributed by atoms with Gasteiger partial charge in [0.05, 0.1) is 21.8 Å². The molecule has 10 heteroatoms. The van der Waals surface area contributed by atoms with Crippen LogP contribution in [-0.4, -0.2) is 34.0 Å². The molecule has 2 aromatic carbocycles. The van der Waals surface area contributed by atoms with Crippen LogP contribution < -0.4 is 14.9 Å². The molecular weight excluding hydrogens is 443 g/mol. The third kappa shape index (κ3) is 5.89. The summed E-state index contributed by atoms with van der Waals surface area (Å²) >= 11 is 0. The lowest BCUT2D eigenvalue weighted by molar-refractivity contribution is -0.137. The van der Waals surface area contributed by atoms with Crippen LogP contribution in [0.3, 0.4) is 0 Å². The van der Waals surface area contributed by atoms with Gasteiger partial charge in [-0.3, -0.25) is 4.79 Å². The maximum atomic E-state index is 13.2. The molecule has 2 aromatic rings. The summed E-state index contributed by atoms with van der Waals surface area (Å²) in [6.07, 6.45) is 0.0130. The van der Waals surface area contributed by atoms with Crippen LogP contribution in [0.4, 0.5) is 24.5 Å². The maximum absolute atomic E-state index is 13.2. The number of benzene rings is 2. The van der Waals surface area contributed by atoms with Crippen molar-refractivity contribution < 1.29 is 26.4 Å². The minimum Gasteiger partial charge on any atom is -0.370 e. The molecule has 6 nitrogen and oxygen atoms in total. The van der Waals surface area contributed by atoms with Gasteiger partial charge in [-0.25, -0.2) is 13.1 Å². The minimum absolute atomic E-state index is 0.0974. The Kier molecular flexibility index (Phi) is 7.25. The lowest BCUT2D eigenvalue weighted by Gasteiger charge is -2.22. The SMILES string of the molecule is CCNS(=O)(=O)c1ccc(/C=C/C(=O)Nc2cc(C(F)(F)F)ccc2N2CCCC2)cc1. The maximum Gasteiger partial charge on any atom is 0.416 e. The van der Waals surface area contributed by atoms with E-state index in [0.717, 1.165) is 25.0 Å². The second-order valence-corrected chi connectivity index (χ2v) is 9.08. The highest BCUT2D eigenvalue weighted by atomic mass is 32.2. The van der Waals surface area contributed by atoms with E-state index in [-0.39, 0.29) is 17.1 Å². The van der Waals surface area contributed by atoms with Crippen LogP contribution in [0, 0.1) is 0 Å². The molecule has 2 N–H and O–H groups in total. The standard InChI is InChI=1S/C22H24F3N3O3S/c1-2-26-32(30,31)18-9-5-16(6-10-18)7-12-21(29)27-19-15-17(22(23,24)25)8-11-20(19)28-13-3-4-14-28/h5-12,15,26H,2-4,13-14H2,1H3,(H,27,29)/b12-7+. The third-order valence-corrected chi connectivity index (χ3v) is 6.54. The second-order valence-electron chi connectivity index (χ2n) is 7.32. The fraction of sp³-hybridized carbons (Fsp3) is 0.318. The van der Waals surface area contributed by atoms with Crippen molar-refractivity contribution in [2.24, 2.45) is 0 Å². The summed E-state index contributed by atoms with van der Waals surface area (Å²) < 4.78 is 65.8. The molecule has 1 fully saturated rings. The summed E-state index contributed by atoms with van der Waals surface area (Å²) in [6.45, 7) is 3.37. The molecule has 0 bridgehead atoms. The van der Waals surface area contributed by atoms with Crippen molar-refractivity contribution in [2.45, 2.75) is 30.8 Å². The molecule has 3 rings (SSSR count). The number of amides is 1. The third-order valence-electron chi connectivity index (χ3n) is 4.98. The smallest absolute Gasteiger partial charge is 0.370 e. The van der Waals surface area contributed by atoms with E-state index in [2.05, 4.69) is 10.0 Å². The van der Waals surface area contributed by atoms with Crippen LogP contribution in [0.1, 0.15) is 30.9 Å². The summed E-state index contributed by atoms with van der Waals surface area (Å²) in [6, 6.07) is 9.24. The van der Waals surface area contributed by atoms with Gasteiger partial charge in [-0.05, 0) is 54.8 Å². The minimum atomic E-state index is -4.52. The van der Waals surface area contributed by atoms with Gasteiger partial charge < -0.3 is 10.2 Å². The molecule has 0 saturated carbocycles. The van der Waals surface area contributed by atoms with Gasteiger partial charge in [0.15, 0.2) is 0 Å². The zero-order valence-electron chi connectivity index (χ0n) is 17.4. The van der Waals surface area contributed by atoms with Gasteiger partial charge >= 0.3 is 6.18 Å². The van der Waals surface area contributed by atoms with Gasteiger partial charge in [0.25, 0.3) is 0 Å². The highest BCUT2D eigenvalue weighted by Crippen LogP contribution is 2.36. The van der Waals surface area contributed by atoms with Crippen molar-refractivity contribution in [3.63, 3.8) is 0 Å². The molecule has 0 aliphatic carbocycles. The number of anilines is 2. The summed E-state index contributed by atoms with van der Waals surface area (Å²) in [5.74, 6) is -0.589. The van der Waals surface area contributed by atoms with Crippen LogP contribution in [0.15, 0.2) is 53.4 Å². The van der Waals surface area contributed by atoms with E-state index >= 15 is 0 Å². The number of sulfonamides is 1. The number of carbonyl (C=O) groups excluding carboxylic acids is 1. The van der Waals surface area contributed by atoms with Gasteiger partial charge in [0.2, 0.25) is 15.9 Å². The Bertz CT molecular complexity index is 1090. The molecule has 1 aliphatic heterocycles. The number of hydrogen-bond acceptors (Lipinski definition) is 4. The number of hydrogen-bond donors (Lipinski definition) is 2. The molecule has 0 spiro atoms. The Morgan fingerprint density at radius 1 is 1.09 bits per heavy atom. The van der Waals surface area contributed by atoms with E-state index in [1.54, 1.807) is 6.92 Å². The largest absolute Gasteiger partial charge is 0.416 e. The molecule has 1 amide bonds. The fourth-order valence-corrected chi connectivity index (χ4v) is 4.47. The first-order valence-electron chi connectivity index (χ1n) is 10.1. The highest BCUT2D eigenvalue weighted by Gasteiger charge is 2.32. The lowest BCUT2D eigenvalue weighted by atomic mass is 10.1. The van der Waals surface area contributed by atoms with Crippen molar-refractivity contribution in [3.05, 3.63) is 59.7 Å². The van der Waals surface area contributed by atoms with Crippen LogP contribution in [0.2, 0.25) is 0 Å². The van der Waals surface area contributed by atoms with Gasteiger partial charge in [-0.15, -0.1) is 0 Å². The zero-order valence-corrected chi connectivity index (χ0v) is 18.3. The monoisotopic (exact) mass is 467 g/mol. The average Bonchev–Trinajstić information content (AvgIpc) is 3.26. The number of nitrogens with zero attached hydrogens (tertiary/aromatic N) is 1. The van der Waals surface area contributed by atoms with Crippen molar-refractivity contribution in [1.29, 1.82) is 0 Å². The Balaban J connectivity index is 1.77. The number of halogens is 3. The van der Waals surface area contributed by atoms with E-state index in [1.807, 2.05) is 4.90 Å². The van der Waals surface area contributed by atoms with Crippen LogP contribution in [-0.2, 0) is 21.0 Å². The first-order chi connectivity index (χ1) is 15.1. The Hall–Kier alpha value is -2.85. The van der Waals surface area contributed by atoms with E-state index in [0.29, 0.717) is 24.3 Å². The Morgan fingerprint density at radius 2 is 1.75 bits per heavy atom. The molecular formula is C22H24F3N3O3S. The molecule has 0 radical (unpaired) electrons. The molecule has 1 heterocycles. The molecule has 1 saturated heterocycles. The van der Waals surface area contributed by atoms with Gasteiger partial charge in [-0.1, -0.05) is 19.1 Å². The van der Waals surface area contributed by atoms with Crippen LogP contribution >= 0.6 is 0 Å². The van der Waals surface area contributed by atoms with Crippen molar-refractivity contribution in [3.8, 4) is 0 Å². The van der Waals surface area contributed by atoms with Crippen LogP contribution in [0.5, 0.6) is 0 Å². The van der Waals surface area contributed by atoms with Gasteiger partial charge in [0, 0.05) is 25.7 Å². The first-order valence-corrected chi connectivity index (χ1v) is 11.6. The predicted molar refractivity (Wildman–Crippen MR) is 118 cm³/mol. The lowest BCUT2D eigenvalue weighted by Crippen LogP contribution is -2.22. The summed E-state index contributed by atoms with van der Waals surface area (Å²) in [5, 5.41) is 2.55. The normalized spacial score (nSPS) is 14.8. The number of alkyl halides is 3. The number of carbonyl (C=O) groups is 1. The summed E-state index contributed by atoms with van der Waals surface area (Å²) in [7, 11) is -3.58. The molecule has 0 unspecified atom stereocenters. The van der Waals surface area contributed by atoms with Crippen molar-refractivity contribution in [2.75, 3.05) is 29.9 Å². The van der Waals surface area contributed by atoms with E-state index in [1.165, 1.54) is 42.5 Å². The quantitative estimate of drug-likeness (QED) is 0.597. The van der Waals surface area contributed by atoms with Crippen LogP contribution in [0.25, 0.3) is 6.08 Å². The zero-order chi connectivity index (χ0) is 23.4. The van der Waals surface area contributed by atoms with Gasteiger partial charge in [0.1, 0.15) is 0 Å². The Morgan fingerprint density at radius 3 is 2.34 bits per heavy atom. The molecule has 32 heavy (non-hydrogen) atoms. The molecule has 0 atom stereocenters. The van der Waals surface area contributed by atoms with Crippen molar-refractivity contribution in [1.82, 2.24) is 4.72 Å². The summed E-state index contributed by atoms with van der Waals surface area (Å²) in [4.78, 5) is 14.5. The average molecular weight is 468 g/mol. The second kappa shape index (κ2) is 9.74. The van der Waals surface area contributed by atoms with E-state index in [9.17, 15) is 26.4 Å². The summed E-state index contributed by atoms with van der Waals surface area (Å²) in [5.41, 5.74) is 0.385. The van der Waals surface area contributed by atoms with E-state index in [4.69, 9.17) is 0 Å². The number of nitrogens with one attached hydrogen (secondary N) is 2. The molecule has 0 aromatic heterocycles. The van der Waals surface area contributed by atoms with Crippen molar-refractivity contribution >= 4 is 33.4 Å². The first kappa shape index (κ1) is 23.8. The highest BCUT2D eigenvalue weighted by molar-refractivity contribution is 7.89. The number of rotatable bonds is 7. The fourth-order valence-electron chi connectivity index (χ4n) is 3.42. The molecule has 172 valence electrons.